The average Bonchev–Trinajstić information content (AvgIpc) is 2.12. The number of hydrogen-bond donors (Lipinski definition) is 1. The van der Waals surface area contributed by atoms with Crippen LogP contribution in [-0.4, -0.2) is 5.11 Å². The molecule has 0 aromatic heterocycles. The summed E-state index contributed by atoms with van der Waals surface area (Å²) < 4.78 is 12.6. The van der Waals surface area contributed by atoms with Crippen molar-refractivity contribution < 1.29 is 9.50 Å². The summed E-state index contributed by atoms with van der Waals surface area (Å²) in [7, 11) is 0. The number of allylic oxidation sites excluding steroid dienone is 1. The van der Waals surface area contributed by atoms with Crippen LogP contribution in [-0.2, 0) is 0 Å². The third-order valence-electron chi connectivity index (χ3n) is 1.49. The Bertz CT molecular complexity index is 366. The van der Waals surface area contributed by atoms with Crippen LogP contribution in [0.25, 0.3) is 6.08 Å². The lowest BCUT2D eigenvalue weighted by Gasteiger charge is -1.95. The van der Waals surface area contributed by atoms with Gasteiger partial charge in [-0.2, -0.15) is 5.26 Å². The molecule has 0 unspecified atom stereocenters. The SMILES string of the molecule is N#CCC=Cc1ccc(F)c(O)c1. The monoisotopic (exact) mass is 177 g/mol. The van der Waals surface area contributed by atoms with Gasteiger partial charge in [-0.25, -0.2) is 4.39 Å². The van der Waals surface area contributed by atoms with Gasteiger partial charge >= 0.3 is 0 Å². The van der Waals surface area contributed by atoms with E-state index in [2.05, 4.69) is 0 Å². The molecule has 2 nitrogen and oxygen atoms in total. The molecule has 0 aliphatic heterocycles. The second-order valence-corrected chi connectivity index (χ2v) is 2.48. The lowest BCUT2D eigenvalue weighted by Crippen LogP contribution is -1.77. The molecule has 0 bridgehead atoms. The minimum atomic E-state index is -0.641. The van der Waals surface area contributed by atoms with Crippen molar-refractivity contribution in [3.8, 4) is 11.8 Å². The van der Waals surface area contributed by atoms with Gasteiger partial charge < -0.3 is 5.11 Å². The number of phenolic OH excluding ortho intramolecular Hbond substituents is 1. The number of nitrogens with zero attached hydrogens (tertiary/aromatic N) is 1. The molecule has 0 saturated heterocycles. The van der Waals surface area contributed by atoms with Gasteiger partial charge in [-0.15, -0.1) is 0 Å². The molecule has 1 aromatic rings. The third-order valence-corrected chi connectivity index (χ3v) is 1.49. The van der Waals surface area contributed by atoms with Crippen LogP contribution in [0.5, 0.6) is 5.75 Å². The summed E-state index contributed by atoms with van der Waals surface area (Å²) in [6.07, 6.45) is 3.60. The summed E-state index contributed by atoms with van der Waals surface area (Å²) >= 11 is 0. The summed E-state index contributed by atoms with van der Waals surface area (Å²) in [6.45, 7) is 0. The molecule has 0 radical (unpaired) electrons. The first kappa shape index (κ1) is 9.27. The number of halogens is 1. The Morgan fingerprint density at radius 2 is 2.31 bits per heavy atom. The fourth-order valence-electron chi connectivity index (χ4n) is 0.881. The molecule has 0 heterocycles. The van der Waals surface area contributed by atoms with Gasteiger partial charge in [-0.05, 0) is 17.7 Å². The van der Waals surface area contributed by atoms with Gasteiger partial charge in [-0.1, -0.05) is 18.2 Å². The Morgan fingerprint density at radius 3 is 2.92 bits per heavy atom. The van der Waals surface area contributed by atoms with E-state index < -0.39 is 5.82 Å². The van der Waals surface area contributed by atoms with Gasteiger partial charge in [0.05, 0.1) is 12.5 Å². The molecule has 0 atom stereocenters. The van der Waals surface area contributed by atoms with E-state index in [9.17, 15) is 4.39 Å². The van der Waals surface area contributed by atoms with Crippen LogP contribution < -0.4 is 0 Å². The van der Waals surface area contributed by atoms with Crippen LogP contribution in [0, 0.1) is 17.1 Å². The quantitative estimate of drug-likeness (QED) is 0.754. The second-order valence-electron chi connectivity index (χ2n) is 2.48. The molecular weight excluding hydrogens is 169 g/mol. The zero-order valence-electron chi connectivity index (χ0n) is 6.87. The van der Waals surface area contributed by atoms with Crippen LogP contribution in [0.1, 0.15) is 12.0 Å². The van der Waals surface area contributed by atoms with E-state index in [1.807, 2.05) is 6.07 Å². The number of nitriles is 1. The highest BCUT2D eigenvalue weighted by molar-refractivity contribution is 5.51. The van der Waals surface area contributed by atoms with E-state index in [1.54, 1.807) is 12.2 Å². The highest BCUT2D eigenvalue weighted by atomic mass is 19.1. The Balaban J connectivity index is 2.81. The van der Waals surface area contributed by atoms with Crippen molar-refractivity contribution in [3.63, 3.8) is 0 Å². The van der Waals surface area contributed by atoms with Gasteiger partial charge in [0.1, 0.15) is 0 Å². The second kappa shape index (κ2) is 4.27. The van der Waals surface area contributed by atoms with Crippen molar-refractivity contribution in [2.24, 2.45) is 0 Å². The van der Waals surface area contributed by atoms with Crippen LogP contribution in [0.15, 0.2) is 24.3 Å². The standard InChI is InChI=1S/C10H8FNO/c11-9-5-4-8(7-10(9)13)3-1-2-6-12/h1,3-5,7,13H,2H2. The maximum atomic E-state index is 12.6. The topological polar surface area (TPSA) is 44.0 Å². The highest BCUT2D eigenvalue weighted by Gasteiger charge is 1.97. The van der Waals surface area contributed by atoms with E-state index in [4.69, 9.17) is 10.4 Å². The van der Waals surface area contributed by atoms with Crippen LogP contribution in [0.4, 0.5) is 4.39 Å². The molecule has 1 aromatic carbocycles. The zero-order valence-corrected chi connectivity index (χ0v) is 6.87. The normalized spacial score (nSPS) is 10.2. The van der Waals surface area contributed by atoms with Crippen molar-refractivity contribution in [2.45, 2.75) is 6.42 Å². The van der Waals surface area contributed by atoms with Gasteiger partial charge in [0, 0.05) is 0 Å². The molecule has 13 heavy (non-hydrogen) atoms. The number of phenols is 1. The lowest BCUT2D eigenvalue weighted by atomic mass is 10.2. The molecule has 0 spiro atoms. The van der Waals surface area contributed by atoms with E-state index in [0.29, 0.717) is 12.0 Å². The fourth-order valence-corrected chi connectivity index (χ4v) is 0.881. The van der Waals surface area contributed by atoms with Gasteiger partial charge in [0.25, 0.3) is 0 Å². The number of hydrogen-bond acceptors (Lipinski definition) is 2. The summed E-state index contributed by atoms with van der Waals surface area (Å²) in [5.74, 6) is -1.02. The molecule has 1 rings (SSSR count). The Labute approximate surface area is 75.6 Å². The highest BCUT2D eigenvalue weighted by Crippen LogP contribution is 2.17. The third kappa shape index (κ3) is 2.60. The maximum Gasteiger partial charge on any atom is 0.164 e. The predicted molar refractivity (Wildman–Crippen MR) is 47.3 cm³/mol. The number of rotatable bonds is 2. The molecule has 0 aliphatic carbocycles. The predicted octanol–water partition coefficient (Wildman–Crippen LogP) is 2.46. The minimum Gasteiger partial charge on any atom is -0.505 e. The van der Waals surface area contributed by atoms with Crippen LogP contribution in [0.2, 0.25) is 0 Å². The van der Waals surface area contributed by atoms with Crippen molar-refractivity contribution in [2.75, 3.05) is 0 Å². The molecular formula is C10H8FNO. The molecule has 3 heteroatoms. The molecule has 0 amide bonds. The molecule has 0 saturated carbocycles. The minimum absolute atomic E-state index is 0.304. The van der Waals surface area contributed by atoms with Crippen molar-refractivity contribution >= 4 is 6.08 Å². The summed E-state index contributed by atoms with van der Waals surface area (Å²) in [5, 5.41) is 17.2. The molecule has 0 fully saturated rings. The van der Waals surface area contributed by atoms with Crippen molar-refractivity contribution in [3.05, 3.63) is 35.7 Å². The largest absolute Gasteiger partial charge is 0.505 e. The summed E-state index contributed by atoms with van der Waals surface area (Å²) in [6, 6.07) is 5.96. The molecule has 0 aliphatic rings. The van der Waals surface area contributed by atoms with E-state index in [0.717, 1.165) is 0 Å². The number of aromatic hydroxyl groups is 1. The Morgan fingerprint density at radius 1 is 1.54 bits per heavy atom. The van der Waals surface area contributed by atoms with E-state index in [-0.39, 0.29) is 5.75 Å². The Kier molecular flexibility index (Phi) is 3.04. The maximum absolute atomic E-state index is 12.6. The van der Waals surface area contributed by atoms with Gasteiger partial charge in [0.15, 0.2) is 11.6 Å². The summed E-state index contributed by atoms with van der Waals surface area (Å²) in [5.41, 5.74) is 0.675. The van der Waals surface area contributed by atoms with Crippen molar-refractivity contribution in [1.82, 2.24) is 0 Å². The van der Waals surface area contributed by atoms with Gasteiger partial charge in [0.2, 0.25) is 0 Å². The van der Waals surface area contributed by atoms with Gasteiger partial charge in [-0.3, -0.25) is 0 Å². The summed E-state index contributed by atoms with van der Waals surface area (Å²) in [4.78, 5) is 0. The average molecular weight is 177 g/mol. The molecule has 66 valence electrons. The number of benzene rings is 1. The lowest BCUT2D eigenvalue weighted by molar-refractivity contribution is 0.432. The smallest absolute Gasteiger partial charge is 0.164 e. The van der Waals surface area contributed by atoms with Crippen molar-refractivity contribution in [1.29, 1.82) is 5.26 Å². The van der Waals surface area contributed by atoms with E-state index in [1.165, 1.54) is 18.2 Å². The zero-order chi connectivity index (χ0) is 9.68. The van der Waals surface area contributed by atoms with E-state index >= 15 is 0 Å². The first-order valence-corrected chi connectivity index (χ1v) is 3.76. The Hall–Kier alpha value is -1.82. The van der Waals surface area contributed by atoms with Crippen LogP contribution in [0.3, 0.4) is 0 Å². The first-order valence-electron chi connectivity index (χ1n) is 3.76. The fraction of sp³-hybridized carbons (Fsp3) is 0.100. The van der Waals surface area contributed by atoms with Crippen LogP contribution >= 0.6 is 0 Å². The molecule has 1 N–H and O–H groups in total. The first-order chi connectivity index (χ1) is 6.24.